The molecule has 0 saturated heterocycles. The number of nitrogens with zero attached hydrogens (tertiary/aromatic N) is 1. The lowest BCUT2D eigenvalue weighted by Gasteiger charge is -2.24. The molecule has 1 atom stereocenters. The van der Waals surface area contributed by atoms with Gasteiger partial charge in [-0.1, -0.05) is 6.07 Å². The minimum Gasteiger partial charge on any atom is -0.469 e. The number of rotatable bonds is 5. The SMILES string of the molecule is COC(=O)CC(Cn1ccccc1=O)C(=O)OC(C)(C)C. The minimum absolute atomic E-state index is 0.0731. The number of aromatic nitrogens is 1. The predicted molar refractivity (Wildman–Crippen MR) is 76.7 cm³/mol. The van der Waals surface area contributed by atoms with Crippen LogP contribution in [0.4, 0.5) is 0 Å². The Morgan fingerprint density at radius 2 is 1.95 bits per heavy atom. The van der Waals surface area contributed by atoms with Crippen molar-refractivity contribution in [3.05, 3.63) is 34.7 Å². The monoisotopic (exact) mass is 295 g/mol. The van der Waals surface area contributed by atoms with Crippen molar-refractivity contribution < 1.29 is 19.1 Å². The molecular formula is C15H21NO5. The van der Waals surface area contributed by atoms with Gasteiger partial charge < -0.3 is 14.0 Å². The maximum absolute atomic E-state index is 12.2. The molecule has 0 spiro atoms. The summed E-state index contributed by atoms with van der Waals surface area (Å²) in [6.07, 6.45) is 1.43. The third-order valence-electron chi connectivity index (χ3n) is 2.70. The molecule has 21 heavy (non-hydrogen) atoms. The summed E-state index contributed by atoms with van der Waals surface area (Å²) in [6.45, 7) is 5.31. The second kappa shape index (κ2) is 7.06. The molecule has 6 nitrogen and oxygen atoms in total. The molecule has 6 heteroatoms. The maximum Gasteiger partial charge on any atom is 0.311 e. The van der Waals surface area contributed by atoms with Crippen molar-refractivity contribution in [2.45, 2.75) is 39.3 Å². The van der Waals surface area contributed by atoms with Crippen LogP contribution >= 0.6 is 0 Å². The highest BCUT2D eigenvalue weighted by molar-refractivity contribution is 5.80. The average molecular weight is 295 g/mol. The summed E-state index contributed by atoms with van der Waals surface area (Å²) in [7, 11) is 1.25. The zero-order chi connectivity index (χ0) is 16.0. The Labute approximate surface area is 123 Å². The normalized spacial score (nSPS) is 12.6. The van der Waals surface area contributed by atoms with Gasteiger partial charge in [-0.25, -0.2) is 0 Å². The number of carbonyl (C=O) groups is 2. The standard InChI is InChI=1S/C15H21NO5/c1-15(2,3)21-14(19)11(9-13(18)20-4)10-16-8-6-5-7-12(16)17/h5-8,11H,9-10H2,1-4H3. The molecule has 0 aromatic carbocycles. The first kappa shape index (κ1) is 16.9. The molecule has 0 N–H and O–H groups in total. The van der Waals surface area contributed by atoms with Gasteiger partial charge in [0.25, 0.3) is 5.56 Å². The van der Waals surface area contributed by atoms with E-state index in [4.69, 9.17) is 4.74 Å². The molecule has 0 radical (unpaired) electrons. The first-order valence-corrected chi connectivity index (χ1v) is 6.68. The van der Waals surface area contributed by atoms with Crippen LogP contribution in [-0.2, 0) is 25.6 Å². The molecule has 116 valence electrons. The molecular weight excluding hydrogens is 274 g/mol. The van der Waals surface area contributed by atoms with Gasteiger partial charge in [-0.05, 0) is 26.8 Å². The van der Waals surface area contributed by atoms with Crippen LogP contribution in [0, 0.1) is 5.92 Å². The molecule has 0 fully saturated rings. The molecule has 0 aliphatic carbocycles. The Hall–Kier alpha value is -2.11. The second-order valence-corrected chi connectivity index (χ2v) is 5.70. The van der Waals surface area contributed by atoms with Crippen LogP contribution in [0.2, 0.25) is 0 Å². The lowest BCUT2D eigenvalue weighted by atomic mass is 10.0. The fourth-order valence-electron chi connectivity index (χ4n) is 1.74. The number of carbonyl (C=O) groups excluding carboxylic acids is 2. The molecule has 0 aliphatic rings. The van der Waals surface area contributed by atoms with Crippen molar-refractivity contribution in [3.8, 4) is 0 Å². The molecule has 1 aromatic heterocycles. The zero-order valence-electron chi connectivity index (χ0n) is 12.8. The van der Waals surface area contributed by atoms with Gasteiger partial charge in [-0.3, -0.25) is 14.4 Å². The maximum atomic E-state index is 12.2. The van der Waals surface area contributed by atoms with E-state index in [9.17, 15) is 14.4 Å². The molecule has 1 unspecified atom stereocenters. The summed E-state index contributed by atoms with van der Waals surface area (Å²) in [6, 6.07) is 4.69. The quantitative estimate of drug-likeness (QED) is 0.767. The summed E-state index contributed by atoms with van der Waals surface area (Å²) in [5, 5.41) is 0. The second-order valence-electron chi connectivity index (χ2n) is 5.70. The largest absolute Gasteiger partial charge is 0.469 e. The molecule has 1 heterocycles. The third kappa shape index (κ3) is 5.81. The van der Waals surface area contributed by atoms with Crippen molar-refractivity contribution in [2.75, 3.05) is 7.11 Å². The first-order valence-electron chi connectivity index (χ1n) is 6.68. The summed E-state index contributed by atoms with van der Waals surface area (Å²) in [5.74, 6) is -1.81. The molecule has 0 saturated carbocycles. The highest BCUT2D eigenvalue weighted by atomic mass is 16.6. The predicted octanol–water partition coefficient (Wildman–Crippen LogP) is 1.37. The average Bonchev–Trinajstić information content (AvgIpc) is 2.38. The molecule has 0 aliphatic heterocycles. The van der Waals surface area contributed by atoms with Crippen molar-refractivity contribution in [3.63, 3.8) is 0 Å². The van der Waals surface area contributed by atoms with Crippen LogP contribution in [0.3, 0.4) is 0 Å². The summed E-state index contributed by atoms with van der Waals surface area (Å²) >= 11 is 0. The van der Waals surface area contributed by atoms with Gasteiger partial charge in [0, 0.05) is 18.8 Å². The number of pyridine rings is 1. The van der Waals surface area contributed by atoms with E-state index in [1.807, 2.05) is 0 Å². The summed E-state index contributed by atoms with van der Waals surface area (Å²) < 4.78 is 11.3. The Balaban J connectivity index is 2.92. The van der Waals surface area contributed by atoms with E-state index in [0.717, 1.165) is 0 Å². The van der Waals surface area contributed by atoms with E-state index in [0.29, 0.717) is 0 Å². The van der Waals surface area contributed by atoms with Gasteiger partial charge in [-0.15, -0.1) is 0 Å². The molecule has 1 rings (SSSR count). The Morgan fingerprint density at radius 3 is 2.48 bits per heavy atom. The van der Waals surface area contributed by atoms with E-state index in [2.05, 4.69) is 4.74 Å². The Bertz CT molecular complexity index is 556. The molecule has 1 aromatic rings. The van der Waals surface area contributed by atoms with Crippen molar-refractivity contribution in [2.24, 2.45) is 5.92 Å². The van der Waals surface area contributed by atoms with E-state index < -0.39 is 23.5 Å². The summed E-state index contributed by atoms with van der Waals surface area (Å²) in [4.78, 5) is 35.3. The highest BCUT2D eigenvalue weighted by Gasteiger charge is 2.28. The molecule has 0 bridgehead atoms. The lowest BCUT2D eigenvalue weighted by molar-refractivity contribution is -0.164. The van der Waals surface area contributed by atoms with E-state index in [1.54, 1.807) is 39.1 Å². The molecule has 0 amide bonds. The number of hydrogen-bond donors (Lipinski definition) is 0. The van der Waals surface area contributed by atoms with E-state index in [1.165, 1.54) is 17.7 Å². The fraction of sp³-hybridized carbons (Fsp3) is 0.533. The van der Waals surface area contributed by atoms with E-state index in [-0.39, 0.29) is 18.5 Å². The highest BCUT2D eigenvalue weighted by Crippen LogP contribution is 2.15. The van der Waals surface area contributed by atoms with Gasteiger partial charge in [0.2, 0.25) is 0 Å². The topological polar surface area (TPSA) is 74.6 Å². The van der Waals surface area contributed by atoms with Crippen molar-refractivity contribution >= 4 is 11.9 Å². The van der Waals surface area contributed by atoms with Crippen LogP contribution < -0.4 is 5.56 Å². The Morgan fingerprint density at radius 1 is 1.29 bits per heavy atom. The fourth-order valence-corrected chi connectivity index (χ4v) is 1.74. The van der Waals surface area contributed by atoms with Gasteiger partial charge in [-0.2, -0.15) is 0 Å². The lowest BCUT2D eigenvalue weighted by Crippen LogP contribution is -2.34. The van der Waals surface area contributed by atoms with E-state index >= 15 is 0 Å². The number of hydrogen-bond acceptors (Lipinski definition) is 5. The summed E-state index contributed by atoms with van der Waals surface area (Å²) in [5.41, 5.74) is -0.900. The van der Waals surface area contributed by atoms with Gasteiger partial charge in [0.1, 0.15) is 5.60 Å². The van der Waals surface area contributed by atoms with Crippen molar-refractivity contribution in [1.82, 2.24) is 4.57 Å². The van der Waals surface area contributed by atoms with Crippen LogP contribution in [0.5, 0.6) is 0 Å². The van der Waals surface area contributed by atoms with Gasteiger partial charge >= 0.3 is 11.9 Å². The van der Waals surface area contributed by atoms with Crippen LogP contribution in [-0.4, -0.2) is 29.2 Å². The van der Waals surface area contributed by atoms with Crippen LogP contribution in [0.25, 0.3) is 0 Å². The number of methoxy groups -OCH3 is 1. The zero-order valence-corrected chi connectivity index (χ0v) is 12.8. The number of esters is 2. The van der Waals surface area contributed by atoms with Gasteiger partial charge in [0.15, 0.2) is 0 Å². The smallest absolute Gasteiger partial charge is 0.311 e. The van der Waals surface area contributed by atoms with Gasteiger partial charge in [0.05, 0.1) is 19.4 Å². The number of ether oxygens (including phenoxy) is 2. The van der Waals surface area contributed by atoms with Crippen LogP contribution in [0.15, 0.2) is 29.2 Å². The van der Waals surface area contributed by atoms with Crippen LogP contribution in [0.1, 0.15) is 27.2 Å². The Kier molecular flexibility index (Phi) is 5.69. The van der Waals surface area contributed by atoms with Crippen molar-refractivity contribution in [1.29, 1.82) is 0 Å². The minimum atomic E-state index is -0.767. The third-order valence-corrected chi connectivity index (χ3v) is 2.70. The first-order chi connectivity index (χ1) is 9.73.